The maximum Gasteiger partial charge on any atom is 0.224 e. The Morgan fingerprint density at radius 2 is 1.73 bits per heavy atom. The van der Waals surface area contributed by atoms with E-state index in [0.717, 1.165) is 17.4 Å². The Labute approximate surface area is 141 Å². The minimum Gasteiger partial charge on any atom is -0.358 e. The molecular formula is C16H22N2O2S2. The quantitative estimate of drug-likeness (QED) is 0.608. The lowest BCUT2D eigenvalue weighted by Gasteiger charge is -2.20. The van der Waals surface area contributed by atoms with Crippen LogP contribution in [0.1, 0.15) is 37.6 Å². The molecule has 0 radical (unpaired) electrons. The van der Waals surface area contributed by atoms with Gasteiger partial charge in [0, 0.05) is 30.8 Å². The number of Topliss-reactive ketones (excluding diaryl/α,β-unsaturated/α-hetero) is 1. The van der Waals surface area contributed by atoms with Crippen LogP contribution in [-0.2, 0) is 4.79 Å². The third-order valence-electron chi connectivity index (χ3n) is 3.16. The topological polar surface area (TPSA) is 49.4 Å². The fraction of sp³-hybridized carbons (Fsp3) is 0.438. The lowest BCUT2D eigenvalue weighted by atomic mass is 10.1. The van der Waals surface area contributed by atoms with Crippen molar-refractivity contribution in [3.8, 4) is 0 Å². The smallest absolute Gasteiger partial charge is 0.224 e. The standard InChI is InChI=1S/C16H22N2O2S2/c1-4-15(20)17-13-9-7-12(8-10-13)14(19)11-22-16(21)18(5-2)6-3/h7-10H,4-6,11H2,1-3H3,(H,17,20). The third-order valence-corrected chi connectivity index (χ3v) is 4.68. The lowest BCUT2D eigenvalue weighted by molar-refractivity contribution is -0.115. The van der Waals surface area contributed by atoms with Gasteiger partial charge in [-0.3, -0.25) is 9.59 Å². The summed E-state index contributed by atoms with van der Waals surface area (Å²) in [5.74, 6) is 0.322. The highest BCUT2D eigenvalue weighted by atomic mass is 32.2. The summed E-state index contributed by atoms with van der Waals surface area (Å²) in [6, 6.07) is 6.95. The summed E-state index contributed by atoms with van der Waals surface area (Å²) in [4.78, 5) is 25.5. The molecule has 0 saturated carbocycles. The zero-order chi connectivity index (χ0) is 16.5. The number of carbonyl (C=O) groups is 2. The predicted molar refractivity (Wildman–Crippen MR) is 97.7 cm³/mol. The van der Waals surface area contributed by atoms with Crippen molar-refractivity contribution in [2.24, 2.45) is 0 Å². The number of nitrogens with one attached hydrogen (secondary N) is 1. The minimum absolute atomic E-state index is 0.0351. The number of anilines is 1. The molecule has 0 heterocycles. The monoisotopic (exact) mass is 338 g/mol. The summed E-state index contributed by atoms with van der Waals surface area (Å²) in [6.45, 7) is 7.58. The van der Waals surface area contributed by atoms with Gasteiger partial charge in [0.25, 0.3) is 0 Å². The number of hydrogen-bond donors (Lipinski definition) is 1. The van der Waals surface area contributed by atoms with Crippen LogP contribution in [-0.4, -0.2) is 39.8 Å². The normalized spacial score (nSPS) is 10.1. The zero-order valence-electron chi connectivity index (χ0n) is 13.2. The number of benzene rings is 1. The third kappa shape index (κ3) is 5.77. The molecule has 1 N–H and O–H groups in total. The second kappa shape index (κ2) is 9.58. The average molecular weight is 338 g/mol. The molecule has 1 aromatic carbocycles. The number of carbonyl (C=O) groups excluding carboxylic acids is 2. The van der Waals surface area contributed by atoms with Crippen molar-refractivity contribution in [1.82, 2.24) is 4.90 Å². The summed E-state index contributed by atoms with van der Waals surface area (Å²) < 4.78 is 0.755. The summed E-state index contributed by atoms with van der Waals surface area (Å²) >= 11 is 6.71. The first-order valence-corrected chi connectivity index (χ1v) is 8.75. The van der Waals surface area contributed by atoms with E-state index in [9.17, 15) is 9.59 Å². The van der Waals surface area contributed by atoms with Gasteiger partial charge >= 0.3 is 0 Å². The molecule has 120 valence electrons. The molecule has 0 atom stereocenters. The van der Waals surface area contributed by atoms with Crippen LogP contribution >= 0.6 is 24.0 Å². The van der Waals surface area contributed by atoms with Crippen LogP contribution in [0.2, 0.25) is 0 Å². The van der Waals surface area contributed by atoms with Gasteiger partial charge < -0.3 is 10.2 Å². The highest BCUT2D eigenvalue weighted by molar-refractivity contribution is 8.23. The first kappa shape index (κ1) is 18.6. The summed E-state index contributed by atoms with van der Waals surface area (Å²) in [5.41, 5.74) is 1.33. The van der Waals surface area contributed by atoms with Crippen LogP contribution in [0.5, 0.6) is 0 Å². The van der Waals surface area contributed by atoms with E-state index in [2.05, 4.69) is 10.2 Å². The van der Waals surface area contributed by atoms with Crippen LogP contribution in [0.25, 0.3) is 0 Å². The van der Waals surface area contributed by atoms with Crippen molar-refractivity contribution in [1.29, 1.82) is 0 Å². The van der Waals surface area contributed by atoms with Crippen molar-refractivity contribution in [3.63, 3.8) is 0 Å². The highest BCUT2D eigenvalue weighted by Gasteiger charge is 2.11. The van der Waals surface area contributed by atoms with E-state index in [1.165, 1.54) is 11.8 Å². The van der Waals surface area contributed by atoms with E-state index in [1.54, 1.807) is 31.2 Å². The lowest BCUT2D eigenvalue weighted by Crippen LogP contribution is -2.27. The summed E-state index contributed by atoms with van der Waals surface area (Å²) in [7, 11) is 0. The van der Waals surface area contributed by atoms with Crippen LogP contribution in [0.15, 0.2) is 24.3 Å². The van der Waals surface area contributed by atoms with Gasteiger partial charge in [-0.05, 0) is 38.1 Å². The number of ketones is 1. The van der Waals surface area contributed by atoms with Crippen molar-refractivity contribution < 1.29 is 9.59 Å². The first-order chi connectivity index (χ1) is 10.5. The zero-order valence-corrected chi connectivity index (χ0v) is 14.9. The van der Waals surface area contributed by atoms with Gasteiger partial charge in [-0.15, -0.1) is 0 Å². The van der Waals surface area contributed by atoms with Crippen LogP contribution < -0.4 is 5.32 Å². The molecule has 0 saturated heterocycles. The van der Waals surface area contributed by atoms with Gasteiger partial charge in [0.1, 0.15) is 4.32 Å². The molecule has 0 fully saturated rings. The molecule has 6 heteroatoms. The molecule has 0 bridgehead atoms. The van der Waals surface area contributed by atoms with Gasteiger partial charge in [-0.25, -0.2) is 0 Å². The number of hydrogen-bond acceptors (Lipinski definition) is 4. The SMILES string of the molecule is CCC(=O)Nc1ccc(C(=O)CSC(=S)N(CC)CC)cc1. The summed E-state index contributed by atoms with van der Waals surface area (Å²) in [5, 5.41) is 2.76. The fourth-order valence-electron chi connectivity index (χ4n) is 1.77. The maximum atomic E-state index is 12.2. The largest absolute Gasteiger partial charge is 0.358 e. The molecule has 0 aliphatic carbocycles. The number of thioether (sulfide) groups is 1. The first-order valence-electron chi connectivity index (χ1n) is 7.36. The molecule has 0 aliphatic heterocycles. The molecule has 0 aliphatic rings. The Morgan fingerprint density at radius 1 is 1.14 bits per heavy atom. The van der Waals surface area contributed by atoms with Crippen molar-refractivity contribution >= 4 is 45.7 Å². The predicted octanol–water partition coefficient (Wildman–Crippen LogP) is 3.58. The number of rotatable bonds is 7. The van der Waals surface area contributed by atoms with Crippen LogP contribution in [0, 0.1) is 0 Å². The van der Waals surface area contributed by atoms with E-state index >= 15 is 0 Å². The molecule has 4 nitrogen and oxygen atoms in total. The second-order valence-electron chi connectivity index (χ2n) is 4.63. The van der Waals surface area contributed by atoms with Gasteiger partial charge in [0.05, 0.1) is 5.75 Å². The van der Waals surface area contributed by atoms with E-state index in [4.69, 9.17) is 12.2 Å². The summed E-state index contributed by atoms with van der Waals surface area (Å²) in [6.07, 6.45) is 0.431. The molecule has 1 aromatic rings. The van der Waals surface area contributed by atoms with Crippen molar-refractivity contribution in [2.45, 2.75) is 27.2 Å². The van der Waals surface area contributed by atoms with Gasteiger partial charge in [-0.2, -0.15) is 0 Å². The Kier molecular flexibility index (Phi) is 8.12. The molecule has 1 amide bonds. The average Bonchev–Trinajstić information content (AvgIpc) is 2.54. The Morgan fingerprint density at radius 3 is 2.23 bits per heavy atom. The van der Waals surface area contributed by atoms with Crippen LogP contribution in [0.4, 0.5) is 5.69 Å². The minimum atomic E-state index is -0.0424. The van der Waals surface area contributed by atoms with Crippen LogP contribution in [0.3, 0.4) is 0 Å². The van der Waals surface area contributed by atoms with E-state index in [-0.39, 0.29) is 11.7 Å². The molecule has 1 rings (SSSR count). The Balaban J connectivity index is 2.56. The van der Waals surface area contributed by atoms with E-state index < -0.39 is 0 Å². The molecular weight excluding hydrogens is 316 g/mol. The van der Waals surface area contributed by atoms with Gasteiger partial charge in [0.2, 0.25) is 5.91 Å². The maximum absolute atomic E-state index is 12.2. The molecule has 22 heavy (non-hydrogen) atoms. The second-order valence-corrected chi connectivity index (χ2v) is 6.24. The number of nitrogens with zero attached hydrogens (tertiary/aromatic N) is 1. The number of amides is 1. The van der Waals surface area contributed by atoms with Gasteiger partial charge in [-0.1, -0.05) is 30.9 Å². The fourth-order valence-corrected chi connectivity index (χ4v) is 3.07. The highest BCUT2D eigenvalue weighted by Crippen LogP contribution is 2.15. The van der Waals surface area contributed by atoms with E-state index in [0.29, 0.717) is 23.4 Å². The Hall–Kier alpha value is -1.40. The van der Waals surface area contributed by atoms with Crippen molar-refractivity contribution in [3.05, 3.63) is 29.8 Å². The molecule has 0 unspecified atom stereocenters. The number of thiocarbonyl (C=S) groups is 1. The Bertz CT molecular complexity index is 525. The molecule has 0 spiro atoms. The van der Waals surface area contributed by atoms with Gasteiger partial charge in [0.15, 0.2) is 5.78 Å². The van der Waals surface area contributed by atoms with E-state index in [1.807, 2.05) is 13.8 Å². The molecule has 0 aromatic heterocycles. The van der Waals surface area contributed by atoms with Crippen molar-refractivity contribution in [2.75, 3.05) is 24.2 Å².